The Morgan fingerprint density at radius 1 is 1.10 bits per heavy atom. The summed E-state index contributed by atoms with van der Waals surface area (Å²) in [6.07, 6.45) is -0.443. The van der Waals surface area contributed by atoms with Crippen molar-refractivity contribution >= 4 is 0 Å². The molecular formula is C17H17FO2. The molecule has 2 aromatic rings. The molecule has 0 saturated carbocycles. The largest absolute Gasteiger partial charge is 0.485 e. The van der Waals surface area contributed by atoms with E-state index >= 15 is 0 Å². The molecule has 1 aliphatic rings. The first-order chi connectivity index (χ1) is 9.52. The number of halogens is 1. The number of hydrogen-bond donors (Lipinski definition) is 1. The van der Waals surface area contributed by atoms with Gasteiger partial charge in [-0.2, -0.15) is 0 Å². The van der Waals surface area contributed by atoms with Crippen molar-refractivity contribution in [3.05, 3.63) is 64.5 Å². The molecule has 20 heavy (non-hydrogen) atoms. The summed E-state index contributed by atoms with van der Waals surface area (Å²) in [5, 5.41) is 10.2. The fourth-order valence-corrected chi connectivity index (χ4v) is 2.82. The van der Waals surface area contributed by atoms with E-state index in [-0.39, 0.29) is 11.9 Å². The zero-order chi connectivity index (χ0) is 14.3. The highest BCUT2D eigenvalue weighted by molar-refractivity contribution is 5.40. The zero-order valence-electron chi connectivity index (χ0n) is 11.6. The van der Waals surface area contributed by atoms with Crippen molar-refractivity contribution in [1.82, 2.24) is 0 Å². The van der Waals surface area contributed by atoms with Gasteiger partial charge >= 0.3 is 0 Å². The second-order valence-corrected chi connectivity index (χ2v) is 5.46. The summed E-state index contributed by atoms with van der Waals surface area (Å²) >= 11 is 0. The first kappa shape index (κ1) is 13.1. The lowest BCUT2D eigenvalue weighted by Crippen LogP contribution is -2.19. The van der Waals surface area contributed by atoms with E-state index < -0.39 is 6.10 Å². The van der Waals surface area contributed by atoms with Crippen molar-refractivity contribution in [2.24, 2.45) is 0 Å². The maximum atomic E-state index is 13.2. The summed E-state index contributed by atoms with van der Waals surface area (Å²) in [5.74, 6) is 0.213. The number of aryl methyl sites for hydroxylation is 2. The summed E-state index contributed by atoms with van der Waals surface area (Å²) in [6, 6.07) is 10.5. The third kappa shape index (κ3) is 2.41. The maximum Gasteiger partial charge on any atom is 0.127 e. The van der Waals surface area contributed by atoms with Gasteiger partial charge in [-0.3, -0.25) is 0 Å². The van der Waals surface area contributed by atoms with E-state index in [1.165, 1.54) is 23.3 Å². The average Bonchev–Trinajstić information content (AvgIpc) is 2.38. The van der Waals surface area contributed by atoms with E-state index in [0.717, 1.165) is 5.56 Å². The topological polar surface area (TPSA) is 29.5 Å². The molecule has 104 valence electrons. The molecular weight excluding hydrogens is 255 g/mol. The lowest BCUT2D eigenvalue weighted by Gasteiger charge is -2.30. The number of ether oxygens (including phenoxy) is 1. The van der Waals surface area contributed by atoms with Crippen LogP contribution in [-0.4, -0.2) is 5.11 Å². The number of aliphatic hydroxyl groups excluding tert-OH is 1. The normalized spacial score (nSPS) is 21.2. The number of hydrogen-bond acceptors (Lipinski definition) is 2. The van der Waals surface area contributed by atoms with Gasteiger partial charge in [0.05, 0.1) is 6.10 Å². The molecule has 0 spiro atoms. The highest BCUT2D eigenvalue weighted by atomic mass is 19.1. The maximum absolute atomic E-state index is 13.2. The van der Waals surface area contributed by atoms with Crippen LogP contribution < -0.4 is 4.74 Å². The van der Waals surface area contributed by atoms with Crippen molar-refractivity contribution < 1.29 is 14.2 Å². The minimum Gasteiger partial charge on any atom is -0.485 e. The summed E-state index contributed by atoms with van der Waals surface area (Å²) in [6.45, 7) is 4.08. The standard InChI is InChI=1S/C17H17FO2/c1-10-5-11(2)7-12(6-10)17-9-15(19)14-8-13(18)3-4-16(14)20-17/h3-8,15,17,19H,9H2,1-2H3/t15-,17?/m1/s1. The molecule has 0 saturated heterocycles. The van der Waals surface area contributed by atoms with Crippen LogP contribution in [0.2, 0.25) is 0 Å². The van der Waals surface area contributed by atoms with Crippen LogP contribution in [0.25, 0.3) is 0 Å². The highest BCUT2D eigenvalue weighted by Gasteiger charge is 2.28. The fraction of sp³-hybridized carbons (Fsp3) is 0.294. The minimum absolute atomic E-state index is 0.193. The van der Waals surface area contributed by atoms with Gasteiger partial charge in [-0.25, -0.2) is 4.39 Å². The van der Waals surface area contributed by atoms with E-state index in [2.05, 4.69) is 18.2 Å². The van der Waals surface area contributed by atoms with Crippen molar-refractivity contribution in [3.63, 3.8) is 0 Å². The first-order valence-corrected chi connectivity index (χ1v) is 6.75. The van der Waals surface area contributed by atoms with Crippen LogP contribution in [-0.2, 0) is 0 Å². The Balaban J connectivity index is 1.96. The Morgan fingerprint density at radius 2 is 1.80 bits per heavy atom. The van der Waals surface area contributed by atoms with Gasteiger partial charge in [-0.15, -0.1) is 0 Å². The van der Waals surface area contributed by atoms with E-state index in [4.69, 9.17) is 4.74 Å². The Morgan fingerprint density at radius 3 is 2.50 bits per heavy atom. The summed E-state index contributed by atoms with van der Waals surface area (Å²) in [7, 11) is 0. The van der Waals surface area contributed by atoms with Crippen LogP contribution in [0.1, 0.15) is 40.9 Å². The van der Waals surface area contributed by atoms with E-state index in [1.807, 2.05) is 13.8 Å². The predicted octanol–water partition coefficient (Wildman–Crippen LogP) is 4.00. The van der Waals surface area contributed by atoms with Gasteiger partial charge in [-0.1, -0.05) is 29.3 Å². The van der Waals surface area contributed by atoms with Crippen LogP contribution in [0, 0.1) is 19.7 Å². The SMILES string of the molecule is Cc1cc(C)cc(C2C[C@@H](O)c3cc(F)ccc3O2)c1. The van der Waals surface area contributed by atoms with Gasteiger partial charge in [0.2, 0.25) is 0 Å². The van der Waals surface area contributed by atoms with Crippen LogP contribution in [0.5, 0.6) is 5.75 Å². The van der Waals surface area contributed by atoms with Crippen LogP contribution in [0.15, 0.2) is 36.4 Å². The van der Waals surface area contributed by atoms with Gasteiger partial charge in [0.25, 0.3) is 0 Å². The van der Waals surface area contributed by atoms with Crippen molar-refractivity contribution in [2.45, 2.75) is 32.5 Å². The van der Waals surface area contributed by atoms with Crippen LogP contribution >= 0.6 is 0 Å². The first-order valence-electron chi connectivity index (χ1n) is 6.75. The Kier molecular flexibility index (Phi) is 3.22. The third-order valence-corrected chi connectivity index (χ3v) is 3.65. The molecule has 0 bridgehead atoms. The quantitative estimate of drug-likeness (QED) is 0.850. The second-order valence-electron chi connectivity index (χ2n) is 5.46. The van der Waals surface area contributed by atoms with Gasteiger partial charge in [-0.05, 0) is 37.6 Å². The summed E-state index contributed by atoms with van der Waals surface area (Å²) in [4.78, 5) is 0. The van der Waals surface area contributed by atoms with Crippen molar-refractivity contribution in [3.8, 4) is 5.75 Å². The van der Waals surface area contributed by atoms with Crippen LogP contribution in [0.4, 0.5) is 4.39 Å². The van der Waals surface area contributed by atoms with Crippen molar-refractivity contribution in [1.29, 1.82) is 0 Å². The molecule has 1 unspecified atom stereocenters. The Labute approximate surface area is 117 Å². The molecule has 1 N–H and O–H groups in total. The number of rotatable bonds is 1. The number of benzene rings is 2. The molecule has 0 amide bonds. The van der Waals surface area contributed by atoms with E-state index in [0.29, 0.717) is 17.7 Å². The zero-order valence-corrected chi connectivity index (χ0v) is 11.6. The molecule has 3 heteroatoms. The molecule has 0 fully saturated rings. The number of aliphatic hydroxyl groups is 1. The van der Waals surface area contributed by atoms with Gasteiger partial charge < -0.3 is 9.84 Å². The molecule has 2 nitrogen and oxygen atoms in total. The van der Waals surface area contributed by atoms with Crippen LogP contribution in [0.3, 0.4) is 0 Å². The Bertz CT molecular complexity index is 631. The van der Waals surface area contributed by atoms with Gasteiger partial charge in [0, 0.05) is 12.0 Å². The van der Waals surface area contributed by atoms with E-state index in [9.17, 15) is 9.50 Å². The smallest absolute Gasteiger partial charge is 0.127 e. The second kappa shape index (κ2) is 4.91. The van der Waals surface area contributed by atoms with Crippen molar-refractivity contribution in [2.75, 3.05) is 0 Å². The third-order valence-electron chi connectivity index (χ3n) is 3.65. The number of fused-ring (bicyclic) bond motifs is 1. The molecule has 0 radical (unpaired) electrons. The average molecular weight is 272 g/mol. The van der Waals surface area contributed by atoms with E-state index in [1.54, 1.807) is 6.07 Å². The minimum atomic E-state index is -0.694. The molecule has 3 rings (SSSR count). The molecule has 1 heterocycles. The summed E-state index contributed by atoms with van der Waals surface area (Å²) in [5.41, 5.74) is 3.92. The summed E-state index contributed by atoms with van der Waals surface area (Å²) < 4.78 is 19.2. The molecule has 2 aromatic carbocycles. The van der Waals surface area contributed by atoms with Gasteiger partial charge in [0.1, 0.15) is 17.7 Å². The predicted molar refractivity (Wildman–Crippen MR) is 75.3 cm³/mol. The lowest BCUT2D eigenvalue weighted by atomic mass is 9.93. The molecule has 2 atom stereocenters. The molecule has 0 aliphatic carbocycles. The monoisotopic (exact) mass is 272 g/mol. The van der Waals surface area contributed by atoms with Gasteiger partial charge in [0.15, 0.2) is 0 Å². The fourth-order valence-electron chi connectivity index (χ4n) is 2.82. The lowest BCUT2D eigenvalue weighted by molar-refractivity contribution is 0.0653. The molecule has 0 aromatic heterocycles. The highest BCUT2D eigenvalue weighted by Crippen LogP contribution is 2.41. The Hall–Kier alpha value is -1.87. The molecule has 1 aliphatic heterocycles.